The van der Waals surface area contributed by atoms with Crippen LogP contribution in [-0.4, -0.2) is 69.0 Å². The van der Waals surface area contributed by atoms with Crippen LogP contribution in [0.5, 0.6) is 0 Å². The zero-order valence-electron chi connectivity index (χ0n) is 24.0. The molecule has 4 amide bonds. The molecule has 41 heavy (non-hydrogen) atoms. The Labute approximate surface area is 249 Å². The number of hydrogen-bond acceptors (Lipinski definition) is 4. The van der Waals surface area contributed by atoms with Crippen LogP contribution in [0.2, 0.25) is 0 Å². The summed E-state index contributed by atoms with van der Waals surface area (Å²) in [5, 5.41) is 19.1. The van der Waals surface area contributed by atoms with Crippen LogP contribution in [0.4, 0.5) is 4.79 Å². The standard InChI is InChI=1S/C30H42BrN5O5/c1-4-5-12-23(29(39)40)33-27(37)24(16-21-20-11-6-7-13-22(20)32-26(21)31)34-28(38)25(19-14-15-19)35-30(41)36-17(2)9-8-10-18(36)3/h6-7,11,13,17-19,23-25,32H,4-5,8-10,12,14-16H2,1-3H3,(H,33,37)(H,34,38)(H,35,41)(H,39,40)/t17-,18+,23-,24-,25+/m1/s1. The highest BCUT2D eigenvalue weighted by Gasteiger charge is 2.41. The molecule has 0 spiro atoms. The van der Waals surface area contributed by atoms with Gasteiger partial charge in [-0.15, -0.1) is 0 Å². The zero-order chi connectivity index (χ0) is 29.7. The first-order valence-electron chi connectivity index (χ1n) is 14.8. The molecule has 2 aliphatic rings. The van der Waals surface area contributed by atoms with E-state index in [-0.39, 0.29) is 30.5 Å². The van der Waals surface area contributed by atoms with E-state index in [2.05, 4.69) is 36.9 Å². The van der Waals surface area contributed by atoms with Crippen molar-refractivity contribution in [2.45, 2.75) is 109 Å². The van der Waals surface area contributed by atoms with Gasteiger partial charge in [-0.25, -0.2) is 9.59 Å². The summed E-state index contributed by atoms with van der Waals surface area (Å²) in [4.78, 5) is 57.6. The first-order valence-corrected chi connectivity index (χ1v) is 15.6. The van der Waals surface area contributed by atoms with Crippen LogP contribution >= 0.6 is 15.9 Å². The average molecular weight is 633 g/mol. The van der Waals surface area contributed by atoms with Gasteiger partial charge in [0.25, 0.3) is 0 Å². The van der Waals surface area contributed by atoms with E-state index in [0.29, 0.717) is 17.4 Å². The number of unbranched alkanes of at least 4 members (excludes halogenated alkanes) is 1. The molecule has 5 N–H and O–H groups in total. The molecule has 2 aromatic rings. The van der Waals surface area contributed by atoms with Crippen LogP contribution < -0.4 is 16.0 Å². The summed E-state index contributed by atoms with van der Waals surface area (Å²) in [6.45, 7) is 6.01. The van der Waals surface area contributed by atoms with Gasteiger partial charge >= 0.3 is 12.0 Å². The third kappa shape index (κ3) is 7.61. The Bertz CT molecular complexity index is 1250. The molecule has 1 aliphatic carbocycles. The highest BCUT2D eigenvalue weighted by Crippen LogP contribution is 2.34. The number of fused-ring (bicyclic) bond motifs is 1. The predicted molar refractivity (Wildman–Crippen MR) is 160 cm³/mol. The maximum atomic E-state index is 13.7. The van der Waals surface area contributed by atoms with Crippen LogP contribution in [0, 0.1) is 5.92 Å². The number of aromatic amines is 1. The number of H-pyrrole nitrogens is 1. The molecular weight excluding hydrogens is 590 g/mol. The summed E-state index contributed by atoms with van der Waals surface area (Å²) in [7, 11) is 0. The molecule has 1 saturated heterocycles. The van der Waals surface area contributed by atoms with Gasteiger partial charge in [0.15, 0.2) is 0 Å². The van der Waals surface area contributed by atoms with E-state index in [1.807, 2.05) is 49.9 Å². The van der Waals surface area contributed by atoms with Gasteiger partial charge in [-0.3, -0.25) is 9.59 Å². The lowest BCUT2D eigenvalue weighted by Gasteiger charge is -2.39. The number of benzene rings is 1. The quantitative estimate of drug-likeness (QED) is 0.235. The summed E-state index contributed by atoms with van der Waals surface area (Å²) in [6, 6.07) is 4.66. The highest BCUT2D eigenvalue weighted by molar-refractivity contribution is 9.10. The number of nitrogens with one attached hydrogen (secondary N) is 4. The lowest BCUT2D eigenvalue weighted by Crippen LogP contribution is -2.60. The summed E-state index contributed by atoms with van der Waals surface area (Å²) < 4.78 is 0.687. The molecule has 1 aliphatic heterocycles. The largest absolute Gasteiger partial charge is 0.480 e. The first kappa shape index (κ1) is 30.9. The van der Waals surface area contributed by atoms with Crippen LogP contribution in [0.1, 0.15) is 77.7 Å². The number of aliphatic carboxylic acids is 1. The fourth-order valence-electron chi connectivity index (χ4n) is 5.84. The van der Waals surface area contributed by atoms with Crippen molar-refractivity contribution in [1.29, 1.82) is 0 Å². The minimum Gasteiger partial charge on any atom is -0.480 e. The maximum Gasteiger partial charge on any atom is 0.326 e. The van der Waals surface area contributed by atoms with Crippen LogP contribution in [0.15, 0.2) is 28.9 Å². The van der Waals surface area contributed by atoms with Gasteiger partial charge in [0, 0.05) is 29.4 Å². The van der Waals surface area contributed by atoms with E-state index in [1.165, 1.54) is 0 Å². The van der Waals surface area contributed by atoms with Gasteiger partial charge in [-0.05, 0) is 85.9 Å². The van der Waals surface area contributed by atoms with Gasteiger partial charge in [-0.1, -0.05) is 38.0 Å². The topological polar surface area (TPSA) is 144 Å². The predicted octanol–water partition coefficient (Wildman–Crippen LogP) is 4.47. The van der Waals surface area contributed by atoms with E-state index in [0.717, 1.165) is 55.0 Å². The van der Waals surface area contributed by atoms with Crippen molar-refractivity contribution in [2.75, 3.05) is 0 Å². The number of urea groups is 1. The number of hydrogen-bond donors (Lipinski definition) is 5. The molecule has 1 aromatic heterocycles. The number of carbonyl (C=O) groups is 4. The second-order valence-corrected chi connectivity index (χ2v) is 12.4. The van der Waals surface area contributed by atoms with E-state index in [4.69, 9.17) is 0 Å². The van der Waals surface area contributed by atoms with Gasteiger partial charge in [0.1, 0.15) is 18.1 Å². The Kier molecular flexibility index (Phi) is 10.3. The molecule has 1 aromatic carbocycles. The molecule has 0 radical (unpaired) electrons. The molecule has 2 fully saturated rings. The summed E-state index contributed by atoms with van der Waals surface area (Å²) in [5.74, 6) is -2.12. The molecule has 1 saturated carbocycles. The zero-order valence-corrected chi connectivity index (χ0v) is 25.6. The van der Waals surface area contributed by atoms with E-state index >= 15 is 0 Å². The van der Waals surface area contributed by atoms with Crippen molar-refractivity contribution in [2.24, 2.45) is 5.92 Å². The molecule has 2 heterocycles. The number of carbonyl (C=O) groups excluding carboxylic acids is 3. The molecule has 5 atom stereocenters. The molecule has 224 valence electrons. The van der Waals surface area contributed by atoms with Crippen LogP contribution in [0.25, 0.3) is 10.9 Å². The first-order chi connectivity index (χ1) is 19.6. The van der Waals surface area contributed by atoms with E-state index < -0.39 is 35.9 Å². The summed E-state index contributed by atoms with van der Waals surface area (Å²) in [5.41, 5.74) is 1.67. The smallest absolute Gasteiger partial charge is 0.326 e. The SMILES string of the molecule is CCCC[C@@H](NC(=O)[C@@H](Cc1c(Br)[nH]c2ccccc12)NC(=O)[C@@H](NC(=O)N1[C@H](C)CCC[C@@H]1C)C1CC1)C(=O)O. The van der Waals surface area contributed by atoms with Gasteiger partial charge < -0.3 is 30.9 Å². The molecular formula is C30H42BrN5O5. The lowest BCUT2D eigenvalue weighted by atomic mass is 9.98. The Morgan fingerprint density at radius 1 is 1.00 bits per heavy atom. The number of amides is 4. The minimum atomic E-state index is -1.11. The fraction of sp³-hybridized carbons (Fsp3) is 0.600. The van der Waals surface area contributed by atoms with Crippen LogP contribution in [-0.2, 0) is 20.8 Å². The van der Waals surface area contributed by atoms with Crippen molar-refractivity contribution in [3.05, 3.63) is 34.4 Å². The Balaban J connectivity index is 1.56. The van der Waals surface area contributed by atoms with E-state index in [1.54, 1.807) is 0 Å². The third-order valence-electron chi connectivity index (χ3n) is 8.35. The van der Waals surface area contributed by atoms with Crippen molar-refractivity contribution < 1.29 is 24.3 Å². The van der Waals surface area contributed by atoms with Gasteiger partial charge in [0.05, 0.1) is 4.60 Å². The van der Waals surface area contributed by atoms with E-state index in [9.17, 15) is 24.3 Å². The fourth-order valence-corrected chi connectivity index (χ4v) is 6.42. The second kappa shape index (κ2) is 13.7. The lowest BCUT2D eigenvalue weighted by molar-refractivity contribution is -0.142. The Hall–Kier alpha value is -3.08. The molecule has 4 rings (SSSR count). The average Bonchev–Trinajstić information content (AvgIpc) is 3.72. The Morgan fingerprint density at radius 2 is 1.66 bits per heavy atom. The summed E-state index contributed by atoms with van der Waals surface area (Å²) >= 11 is 3.56. The van der Waals surface area contributed by atoms with Gasteiger partial charge in [0.2, 0.25) is 11.8 Å². The molecule has 0 bridgehead atoms. The Morgan fingerprint density at radius 3 is 2.29 bits per heavy atom. The minimum absolute atomic E-state index is 0.00536. The molecule has 10 nitrogen and oxygen atoms in total. The molecule has 0 unspecified atom stereocenters. The number of rotatable bonds is 12. The van der Waals surface area contributed by atoms with Crippen molar-refractivity contribution in [1.82, 2.24) is 25.8 Å². The normalized spacial score (nSPS) is 21.1. The van der Waals surface area contributed by atoms with Gasteiger partial charge in [-0.2, -0.15) is 0 Å². The summed E-state index contributed by atoms with van der Waals surface area (Å²) in [6.07, 6.45) is 6.39. The van der Waals surface area contributed by atoms with Crippen molar-refractivity contribution in [3.8, 4) is 0 Å². The van der Waals surface area contributed by atoms with Crippen LogP contribution in [0.3, 0.4) is 0 Å². The number of carboxylic acid groups (broad SMARTS) is 1. The number of para-hydroxylation sites is 1. The maximum absolute atomic E-state index is 13.7. The number of aromatic nitrogens is 1. The molecule has 11 heteroatoms. The van der Waals surface area contributed by atoms with Crippen molar-refractivity contribution in [3.63, 3.8) is 0 Å². The number of likely N-dealkylation sites (tertiary alicyclic amines) is 1. The number of carboxylic acids is 1. The second-order valence-electron chi connectivity index (χ2n) is 11.6. The van der Waals surface area contributed by atoms with Crippen molar-refractivity contribution >= 4 is 50.6 Å². The number of piperidine rings is 1. The third-order valence-corrected chi connectivity index (χ3v) is 9.02. The number of nitrogens with zero attached hydrogens (tertiary/aromatic N) is 1. The highest BCUT2D eigenvalue weighted by atomic mass is 79.9. The number of halogens is 1. The monoisotopic (exact) mass is 631 g/mol.